The molecule has 0 aromatic rings. The van der Waals surface area contributed by atoms with E-state index in [0.29, 0.717) is 37.5 Å². The minimum Gasteiger partial charge on any atom is -0.481 e. The van der Waals surface area contributed by atoms with Crippen LogP contribution in [-0.2, 0) is 23.8 Å². The quantitative estimate of drug-likeness (QED) is 0.619. The van der Waals surface area contributed by atoms with Crippen molar-refractivity contribution < 1.29 is 28.9 Å². The van der Waals surface area contributed by atoms with Crippen molar-refractivity contribution in [2.45, 2.75) is 44.8 Å². The Bertz CT molecular complexity index is 585. The molecule has 2 unspecified atom stereocenters. The predicted molar refractivity (Wildman–Crippen MR) is 87.5 cm³/mol. The summed E-state index contributed by atoms with van der Waals surface area (Å²) in [6, 6.07) is 0. The highest BCUT2D eigenvalue weighted by molar-refractivity contribution is 5.86. The van der Waals surface area contributed by atoms with Crippen molar-refractivity contribution in [3.8, 4) is 0 Å². The Balaban J connectivity index is 1.41. The van der Waals surface area contributed by atoms with Crippen LogP contribution in [0.15, 0.2) is 12.2 Å². The van der Waals surface area contributed by atoms with Gasteiger partial charge >= 0.3 is 11.9 Å². The van der Waals surface area contributed by atoms with Gasteiger partial charge in [-0.1, -0.05) is 6.58 Å². The van der Waals surface area contributed by atoms with Crippen molar-refractivity contribution in [3.05, 3.63) is 12.2 Å². The lowest BCUT2D eigenvalue weighted by Crippen LogP contribution is -2.66. The van der Waals surface area contributed by atoms with Gasteiger partial charge in [-0.2, -0.15) is 0 Å². The molecule has 5 fully saturated rings. The molecule has 0 radical (unpaired) electrons. The van der Waals surface area contributed by atoms with E-state index < -0.39 is 23.1 Å². The molecule has 0 amide bonds. The third-order valence-corrected chi connectivity index (χ3v) is 6.67. The number of aliphatic carboxylic acids is 1. The Morgan fingerprint density at radius 3 is 2.28 bits per heavy atom. The summed E-state index contributed by atoms with van der Waals surface area (Å²) in [5, 5.41) is 9.74. The number of carboxylic acids is 1. The number of carbonyl (C=O) groups excluding carboxylic acids is 1. The molecule has 1 aliphatic heterocycles. The molecule has 25 heavy (non-hydrogen) atoms. The lowest BCUT2D eigenvalue weighted by molar-refractivity contribution is -0.375. The molecule has 5 rings (SSSR count). The van der Waals surface area contributed by atoms with Gasteiger partial charge in [0.15, 0.2) is 5.79 Å². The van der Waals surface area contributed by atoms with Gasteiger partial charge in [0.2, 0.25) is 0 Å². The molecule has 1 N–H and O–H groups in total. The molecule has 2 atom stereocenters. The molecule has 138 valence electrons. The molecule has 1 spiro atoms. The SMILES string of the molecule is C=C(C)C(=O)OCC1COC2(OC1)C1CC3CC2CC(C(=O)O)(C3)C1. The maximum absolute atomic E-state index is 11.8. The molecule has 0 aromatic carbocycles. The predicted octanol–water partition coefficient (Wildman–Crippen LogP) is 2.38. The Labute approximate surface area is 147 Å². The van der Waals surface area contributed by atoms with Crippen molar-refractivity contribution >= 4 is 11.9 Å². The van der Waals surface area contributed by atoms with Crippen LogP contribution in [0.1, 0.15) is 39.0 Å². The average Bonchev–Trinajstić information content (AvgIpc) is 2.57. The Kier molecular flexibility index (Phi) is 3.96. The summed E-state index contributed by atoms with van der Waals surface area (Å²) in [4.78, 5) is 23.4. The van der Waals surface area contributed by atoms with Crippen LogP contribution in [0.3, 0.4) is 0 Å². The molecule has 4 bridgehead atoms. The molecule has 1 heterocycles. The van der Waals surface area contributed by atoms with Crippen molar-refractivity contribution in [1.82, 2.24) is 0 Å². The van der Waals surface area contributed by atoms with E-state index in [1.807, 2.05) is 0 Å². The van der Waals surface area contributed by atoms with Gasteiger partial charge in [-0.05, 0) is 44.9 Å². The molecule has 5 aliphatic rings. The Hall–Kier alpha value is -1.40. The highest BCUT2D eigenvalue weighted by Crippen LogP contribution is 2.65. The zero-order valence-corrected chi connectivity index (χ0v) is 14.7. The first kappa shape index (κ1) is 17.0. The normalized spacial score (nSPS) is 44.7. The zero-order chi connectivity index (χ0) is 17.8. The summed E-state index contributed by atoms with van der Waals surface area (Å²) in [5.41, 5.74) is -0.184. The van der Waals surface area contributed by atoms with Crippen molar-refractivity contribution in [3.63, 3.8) is 0 Å². The van der Waals surface area contributed by atoms with Crippen LogP contribution in [0.5, 0.6) is 0 Å². The van der Waals surface area contributed by atoms with Crippen LogP contribution >= 0.6 is 0 Å². The second kappa shape index (κ2) is 5.81. The van der Waals surface area contributed by atoms with E-state index in [-0.39, 0.29) is 24.4 Å². The summed E-state index contributed by atoms with van der Waals surface area (Å²) in [6.07, 6.45) is 4.13. The van der Waals surface area contributed by atoms with Crippen LogP contribution in [0.25, 0.3) is 0 Å². The van der Waals surface area contributed by atoms with Crippen molar-refractivity contribution in [2.24, 2.45) is 29.1 Å². The molecule has 6 nitrogen and oxygen atoms in total. The maximum Gasteiger partial charge on any atom is 0.333 e. The molecule has 1 saturated heterocycles. The fraction of sp³-hybridized carbons (Fsp3) is 0.789. The number of carboxylic acid groups (broad SMARTS) is 1. The third-order valence-electron chi connectivity index (χ3n) is 6.67. The first-order chi connectivity index (χ1) is 11.8. The van der Waals surface area contributed by atoms with E-state index in [4.69, 9.17) is 14.2 Å². The lowest BCUT2D eigenvalue weighted by Gasteiger charge is -2.64. The van der Waals surface area contributed by atoms with E-state index in [1.165, 1.54) is 0 Å². The minimum absolute atomic E-state index is 0.0135. The van der Waals surface area contributed by atoms with E-state index in [1.54, 1.807) is 6.92 Å². The molecular weight excluding hydrogens is 324 g/mol. The number of hydrogen-bond donors (Lipinski definition) is 1. The molecule has 4 aliphatic carbocycles. The van der Waals surface area contributed by atoms with Crippen molar-refractivity contribution in [2.75, 3.05) is 19.8 Å². The highest BCUT2D eigenvalue weighted by Gasteiger charge is 2.66. The molecular formula is C19H26O6. The smallest absolute Gasteiger partial charge is 0.333 e. The second-order valence-corrected chi connectivity index (χ2v) is 8.52. The monoisotopic (exact) mass is 350 g/mol. The second-order valence-electron chi connectivity index (χ2n) is 8.52. The number of ether oxygens (including phenoxy) is 3. The van der Waals surface area contributed by atoms with E-state index in [0.717, 1.165) is 19.3 Å². The maximum atomic E-state index is 11.8. The fourth-order valence-corrected chi connectivity index (χ4v) is 5.66. The third kappa shape index (κ3) is 2.61. The minimum atomic E-state index is -0.651. The molecule has 0 aromatic heterocycles. The highest BCUT2D eigenvalue weighted by atomic mass is 16.7. The van der Waals surface area contributed by atoms with Gasteiger partial charge in [0, 0.05) is 23.3 Å². The summed E-state index contributed by atoms with van der Waals surface area (Å²) < 4.78 is 17.7. The first-order valence-corrected chi connectivity index (χ1v) is 9.18. The topological polar surface area (TPSA) is 82.1 Å². The van der Waals surface area contributed by atoms with Gasteiger partial charge < -0.3 is 19.3 Å². The summed E-state index contributed by atoms with van der Waals surface area (Å²) >= 11 is 0. The lowest BCUT2D eigenvalue weighted by atomic mass is 9.47. The van der Waals surface area contributed by atoms with Gasteiger partial charge in [0.1, 0.15) is 0 Å². The van der Waals surface area contributed by atoms with E-state index in [2.05, 4.69) is 6.58 Å². The van der Waals surface area contributed by atoms with Gasteiger partial charge in [-0.3, -0.25) is 4.79 Å². The van der Waals surface area contributed by atoms with Crippen LogP contribution in [0.4, 0.5) is 0 Å². The van der Waals surface area contributed by atoms with Crippen molar-refractivity contribution in [1.29, 1.82) is 0 Å². The van der Waals surface area contributed by atoms with Gasteiger partial charge in [-0.15, -0.1) is 0 Å². The summed E-state index contributed by atoms with van der Waals surface area (Å²) in [6.45, 7) is 6.43. The van der Waals surface area contributed by atoms with Crippen LogP contribution in [0, 0.1) is 29.1 Å². The van der Waals surface area contributed by atoms with Crippen LogP contribution in [0.2, 0.25) is 0 Å². The van der Waals surface area contributed by atoms with E-state index >= 15 is 0 Å². The number of hydrogen-bond acceptors (Lipinski definition) is 5. The first-order valence-electron chi connectivity index (χ1n) is 9.18. The number of carbonyl (C=O) groups is 2. The zero-order valence-electron chi connectivity index (χ0n) is 14.7. The Morgan fingerprint density at radius 2 is 1.76 bits per heavy atom. The van der Waals surface area contributed by atoms with E-state index in [9.17, 15) is 14.7 Å². The Morgan fingerprint density at radius 1 is 1.16 bits per heavy atom. The molecule has 6 heteroatoms. The van der Waals surface area contributed by atoms with Crippen LogP contribution < -0.4 is 0 Å². The standard InChI is InChI=1S/C19H26O6/c1-11(2)16(20)23-8-13-9-24-19(25-10-13)14-3-12-4-15(19)7-18(5-12,6-14)17(21)22/h12-15H,1,3-10H2,2H3,(H,21,22). The fourth-order valence-electron chi connectivity index (χ4n) is 5.66. The van der Waals surface area contributed by atoms with Gasteiger partial charge in [-0.25, -0.2) is 4.79 Å². The summed E-state index contributed by atoms with van der Waals surface area (Å²) in [5.74, 6) is -0.840. The largest absolute Gasteiger partial charge is 0.481 e. The number of rotatable bonds is 4. The van der Waals surface area contributed by atoms with Gasteiger partial charge in [0.25, 0.3) is 0 Å². The average molecular weight is 350 g/mol. The van der Waals surface area contributed by atoms with Crippen LogP contribution in [-0.4, -0.2) is 42.7 Å². The number of esters is 1. The van der Waals surface area contributed by atoms with Gasteiger partial charge in [0.05, 0.1) is 25.2 Å². The molecule has 4 saturated carbocycles. The summed E-state index contributed by atoms with van der Waals surface area (Å²) in [7, 11) is 0.